The summed E-state index contributed by atoms with van der Waals surface area (Å²) in [7, 11) is 1.67. The predicted octanol–water partition coefficient (Wildman–Crippen LogP) is 1.25. The molecule has 0 amide bonds. The molecule has 5 heteroatoms. The topological polar surface area (TPSA) is 29.0 Å². The molecule has 0 heterocycles. The lowest BCUT2D eigenvalue weighted by Crippen LogP contribution is -2.72. The average Bonchev–Trinajstić information content (AvgIpc) is 2.12. The van der Waals surface area contributed by atoms with Gasteiger partial charge in [0.15, 0.2) is 0 Å². The first kappa shape index (κ1) is 10.3. The number of quaternary nitrogens is 1. The Bertz CT molecular complexity index is 339. The quantitative estimate of drug-likeness (QED) is 0.354. The van der Waals surface area contributed by atoms with Crippen molar-refractivity contribution in [2.75, 3.05) is 7.05 Å². The van der Waals surface area contributed by atoms with Crippen LogP contribution in [0.5, 0.6) is 0 Å². The second-order valence-corrected chi connectivity index (χ2v) is 3.15. The van der Waals surface area contributed by atoms with Crippen LogP contribution in [-0.4, -0.2) is 13.3 Å². The molecule has 0 fully saturated rings. The number of nitrogens with two attached hydrogens (primary N) is 1. The smallest absolute Gasteiger partial charge is 0.149 e. The van der Waals surface area contributed by atoms with Crippen molar-refractivity contribution < 1.29 is 14.2 Å². The summed E-state index contributed by atoms with van der Waals surface area (Å²) in [6.07, 6.45) is 1.15. The molecule has 0 unspecified atom stereocenters. The summed E-state index contributed by atoms with van der Waals surface area (Å²) in [5.74, 6) is -1.25. The standard InChI is InChI=1S/C8H7BrF2N2/c1-12-13-4-5-7(10)3-2-6(9)8(5)11/h2-4,12H,1H3/p+1/b13-4+. The maximum atomic E-state index is 13.2. The Balaban J connectivity index is 3.17. The summed E-state index contributed by atoms with van der Waals surface area (Å²) in [5.41, 5.74) is 1.33. The summed E-state index contributed by atoms with van der Waals surface area (Å²) >= 11 is 2.96. The molecule has 0 radical (unpaired) electrons. The van der Waals surface area contributed by atoms with Crippen LogP contribution in [0.25, 0.3) is 0 Å². The van der Waals surface area contributed by atoms with Crippen LogP contribution in [0, 0.1) is 11.6 Å². The predicted molar refractivity (Wildman–Crippen MR) is 49.5 cm³/mol. The second-order valence-electron chi connectivity index (χ2n) is 2.29. The van der Waals surface area contributed by atoms with Crippen LogP contribution in [0.15, 0.2) is 21.7 Å². The van der Waals surface area contributed by atoms with E-state index in [1.54, 1.807) is 7.05 Å². The first-order valence-electron chi connectivity index (χ1n) is 3.61. The van der Waals surface area contributed by atoms with E-state index in [9.17, 15) is 8.78 Å². The number of rotatable bonds is 2. The fourth-order valence-corrected chi connectivity index (χ4v) is 1.16. The third kappa shape index (κ3) is 2.32. The van der Waals surface area contributed by atoms with Crippen LogP contribution in [0.1, 0.15) is 5.56 Å². The van der Waals surface area contributed by atoms with Gasteiger partial charge in [-0.15, -0.1) is 0 Å². The lowest BCUT2D eigenvalue weighted by atomic mass is 10.2. The van der Waals surface area contributed by atoms with Gasteiger partial charge in [-0.2, -0.15) is 0 Å². The molecular weight excluding hydrogens is 242 g/mol. The van der Waals surface area contributed by atoms with E-state index in [1.807, 2.05) is 0 Å². The number of hydrogen-bond acceptors (Lipinski definition) is 1. The molecule has 2 N–H and O–H groups in total. The molecule has 0 atom stereocenters. The Morgan fingerprint density at radius 3 is 2.77 bits per heavy atom. The number of hydrogen-bond donors (Lipinski definition) is 1. The van der Waals surface area contributed by atoms with Crippen LogP contribution >= 0.6 is 15.9 Å². The minimum atomic E-state index is -0.634. The highest BCUT2D eigenvalue weighted by Crippen LogP contribution is 2.19. The number of nitrogens with zero attached hydrogens (tertiary/aromatic N) is 1. The van der Waals surface area contributed by atoms with Crippen molar-refractivity contribution >= 4 is 22.1 Å². The van der Waals surface area contributed by atoms with E-state index in [0.717, 1.165) is 6.21 Å². The van der Waals surface area contributed by atoms with E-state index in [-0.39, 0.29) is 10.0 Å². The van der Waals surface area contributed by atoms with Crippen molar-refractivity contribution in [3.05, 3.63) is 33.8 Å². The van der Waals surface area contributed by atoms with Crippen molar-refractivity contribution in [3.8, 4) is 0 Å². The van der Waals surface area contributed by atoms with Crippen molar-refractivity contribution in [1.82, 2.24) is 0 Å². The van der Waals surface area contributed by atoms with E-state index in [4.69, 9.17) is 0 Å². The SMILES string of the molecule is C[NH2+]/N=C/c1c(F)ccc(Br)c1F. The molecule has 1 rings (SSSR count). The molecule has 0 aliphatic carbocycles. The third-order valence-corrected chi connectivity index (χ3v) is 2.04. The molecule has 1 aromatic rings. The summed E-state index contributed by atoms with van der Waals surface area (Å²) in [5, 5.41) is 3.65. The molecule has 0 aromatic heterocycles. The third-order valence-electron chi connectivity index (χ3n) is 1.43. The maximum Gasteiger partial charge on any atom is 0.149 e. The van der Waals surface area contributed by atoms with E-state index in [2.05, 4.69) is 21.0 Å². The zero-order chi connectivity index (χ0) is 9.84. The zero-order valence-electron chi connectivity index (χ0n) is 6.89. The Kier molecular flexibility index (Phi) is 3.50. The molecule has 13 heavy (non-hydrogen) atoms. The highest BCUT2D eigenvalue weighted by atomic mass is 79.9. The number of halogens is 3. The lowest BCUT2D eigenvalue weighted by molar-refractivity contribution is -0.632. The molecule has 0 bridgehead atoms. The van der Waals surface area contributed by atoms with Crippen LogP contribution < -0.4 is 5.43 Å². The zero-order valence-corrected chi connectivity index (χ0v) is 8.48. The molecule has 2 nitrogen and oxygen atoms in total. The molecule has 0 saturated carbocycles. The van der Waals surface area contributed by atoms with E-state index < -0.39 is 11.6 Å². The fraction of sp³-hybridized carbons (Fsp3) is 0.125. The molecule has 0 aliphatic rings. The first-order chi connectivity index (χ1) is 6.16. The minimum Gasteiger partial charge on any atom is -0.223 e. The highest BCUT2D eigenvalue weighted by Gasteiger charge is 2.10. The number of benzene rings is 1. The van der Waals surface area contributed by atoms with Gasteiger partial charge in [0.1, 0.15) is 11.6 Å². The van der Waals surface area contributed by atoms with Gasteiger partial charge in [0, 0.05) is 0 Å². The van der Waals surface area contributed by atoms with Gasteiger partial charge in [-0.3, -0.25) is 0 Å². The van der Waals surface area contributed by atoms with Crippen molar-refractivity contribution in [3.63, 3.8) is 0 Å². The second kappa shape index (κ2) is 4.43. The van der Waals surface area contributed by atoms with Crippen molar-refractivity contribution in [2.24, 2.45) is 5.10 Å². The van der Waals surface area contributed by atoms with Crippen LogP contribution in [0.2, 0.25) is 0 Å². The van der Waals surface area contributed by atoms with E-state index in [1.165, 1.54) is 17.6 Å². The highest BCUT2D eigenvalue weighted by molar-refractivity contribution is 9.10. The Morgan fingerprint density at radius 2 is 2.15 bits per heavy atom. The van der Waals surface area contributed by atoms with Gasteiger partial charge in [0.05, 0.1) is 23.3 Å². The first-order valence-corrected chi connectivity index (χ1v) is 4.40. The lowest BCUT2D eigenvalue weighted by Gasteiger charge is -1.99. The van der Waals surface area contributed by atoms with Gasteiger partial charge < -0.3 is 0 Å². The minimum absolute atomic E-state index is 0.132. The van der Waals surface area contributed by atoms with Crippen LogP contribution in [0.4, 0.5) is 8.78 Å². The maximum absolute atomic E-state index is 13.2. The van der Waals surface area contributed by atoms with Gasteiger partial charge in [-0.1, -0.05) is 5.10 Å². The van der Waals surface area contributed by atoms with Crippen molar-refractivity contribution in [2.45, 2.75) is 0 Å². The molecule has 70 valence electrons. The molecule has 0 aliphatic heterocycles. The fourth-order valence-electron chi connectivity index (χ4n) is 0.810. The molecule has 0 spiro atoms. The monoisotopic (exact) mass is 249 g/mol. The molecular formula is C8H8BrF2N2+. The normalized spacial score (nSPS) is 11.1. The summed E-state index contributed by atoms with van der Waals surface area (Å²) in [6.45, 7) is 0. The Morgan fingerprint density at radius 1 is 1.46 bits per heavy atom. The van der Waals surface area contributed by atoms with Gasteiger partial charge in [0.2, 0.25) is 0 Å². The Labute approximate surface area is 82.8 Å². The van der Waals surface area contributed by atoms with Gasteiger partial charge in [-0.25, -0.2) is 14.2 Å². The van der Waals surface area contributed by atoms with Gasteiger partial charge in [-0.05, 0) is 28.1 Å². The van der Waals surface area contributed by atoms with E-state index >= 15 is 0 Å². The van der Waals surface area contributed by atoms with Crippen LogP contribution in [0.3, 0.4) is 0 Å². The van der Waals surface area contributed by atoms with Crippen molar-refractivity contribution in [1.29, 1.82) is 0 Å². The van der Waals surface area contributed by atoms with Crippen LogP contribution in [-0.2, 0) is 0 Å². The summed E-state index contributed by atoms with van der Waals surface area (Å²) in [6, 6.07) is 2.50. The molecule has 0 saturated heterocycles. The summed E-state index contributed by atoms with van der Waals surface area (Å²) < 4.78 is 26.4. The Hall–Kier alpha value is -0.810. The van der Waals surface area contributed by atoms with Gasteiger partial charge >= 0.3 is 0 Å². The van der Waals surface area contributed by atoms with Gasteiger partial charge in [0.25, 0.3) is 0 Å². The average molecular weight is 250 g/mol. The van der Waals surface area contributed by atoms with E-state index in [0.29, 0.717) is 0 Å². The molecule has 1 aromatic carbocycles. The summed E-state index contributed by atoms with van der Waals surface area (Å²) in [4.78, 5) is 0. The largest absolute Gasteiger partial charge is 0.223 e.